The van der Waals surface area contributed by atoms with Crippen molar-refractivity contribution < 1.29 is 8.42 Å². The molecule has 0 unspecified atom stereocenters. The van der Waals surface area contributed by atoms with E-state index in [2.05, 4.69) is 17.0 Å². The summed E-state index contributed by atoms with van der Waals surface area (Å²) >= 11 is 0. The maximum atomic E-state index is 12.5. The smallest absolute Gasteiger partial charge is 0.241 e. The second-order valence-corrected chi connectivity index (χ2v) is 8.23. The molecule has 0 aliphatic carbocycles. The van der Waals surface area contributed by atoms with Crippen molar-refractivity contribution in [2.75, 3.05) is 6.54 Å². The Morgan fingerprint density at radius 3 is 2.24 bits per heavy atom. The van der Waals surface area contributed by atoms with Crippen LogP contribution in [0.3, 0.4) is 0 Å². The molecule has 0 bridgehead atoms. The van der Waals surface area contributed by atoms with E-state index in [1.807, 2.05) is 40.7 Å². The molecule has 0 amide bonds. The third kappa shape index (κ3) is 5.41. The third-order valence-electron chi connectivity index (χ3n) is 3.11. The molecule has 0 aliphatic rings. The highest BCUT2D eigenvalue weighted by molar-refractivity contribution is 7.89. The van der Waals surface area contributed by atoms with Crippen molar-refractivity contribution in [3.8, 4) is 0 Å². The lowest BCUT2D eigenvalue weighted by atomic mass is 10.1. The zero-order chi connectivity index (χ0) is 16.3. The van der Waals surface area contributed by atoms with Crippen LogP contribution >= 0.6 is 0 Å². The molecule has 0 saturated heterocycles. The first-order chi connectivity index (χ1) is 9.57. The predicted octanol–water partition coefficient (Wildman–Crippen LogP) is 2.88. The first-order valence-electron chi connectivity index (χ1n) is 7.41. The van der Waals surface area contributed by atoms with Crippen molar-refractivity contribution in [2.24, 2.45) is 0 Å². The number of aryl methyl sites for hydroxylation is 2. The Balaban J connectivity index is 3.15. The summed E-state index contributed by atoms with van der Waals surface area (Å²) in [5, 5.41) is 3.32. The van der Waals surface area contributed by atoms with Gasteiger partial charge in [-0.2, -0.15) is 0 Å². The van der Waals surface area contributed by atoms with E-state index in [4.69, 9.17) is 0 Å². The summed E-state index contributed by atoms with van der Waals surface area (Å²) in [6.07, 6.45) is 1.06. The molecule has 120 valence electrons. The minimum absolute atomic E-state index is 0.372. The molecule has 0 aromatic heterocycles. The Hall–Kier alpha value is -0.910. The summed E-state index contributed by atoms with van der Waals surface area (Å²) in [5.41, 5.74) is 2.44. The summed E-state index contributed by atoms with van der Waals surface area (Å²) in [6.45, 7) is 13.1. The van der Waals surface area contributed by atoms with E-state index < -0.39 is 15.6 Å². The molecular formula is C16H28N2O2S. The van der Waals surface area contributed by atoms with Gasteiger partial charge in [-0.15, -0.1) is 0 Å². The van der Waals surface area contributed by atoms with Crippen LogP contribution in [-0.2, 0) is 16.6 Å². The van der Waals surface area contributed by atoms with Crippen LogP contribution in [0.1, 0.15) is 50.8 Å². The maximum Gasteiger partial charge on any atom is 0.241 e. The minimum atomic E-state index is -3.50. The van der Waals surface area contributed by atoms with Crippen LogP contribution in [-0.4, -0.2) is 20.5 Å². The van der Waals surface area contributed by atoms with Gasteiger partial charge >= 0.3 is 0 Å². The van der Waals surface area contributed by atoms with Crippen LogP contribution < -0.4 is 10.0 Å². The van der Waals surface area contributed by atoms with Crippen LogP contribution in [0.4, 0.5) is 0 Å². The molecular weight excluding hydrogens is 284 g/mol. The van der Waals surface area contributed by atoms with Crippen LogP contribution in [0.15, 0.2) is 17.0 Å². The minimum Gasteiger partial charge on any atom is -0.313 e. The van der Waals surface area contributed by atoms with Crippen molar-refractivity contribution in [1.82, 2.24) is 10.0 Å². The fourth-order valence-electron chi connectivity index (χ4n) is 2.21. The number of rotatable bonds is 6. The van der Waals surface area contributed by atoms with Crippen molar-refractivity contribution in [2.45, 2.75) is 64.9 Å². The molecule has 0 fully saturated rings. The summed E-state index contributed by atoms with van der Waals surface area (Å²) in [4.78, 5) is 0.372. The molecule has 1 aromatic carbocycles. The second kappa shape index (κ2) is 6.90. The molecule has 1 rings (SSSR count). The third-order valence-corrected chi connectivity index (χ3v) is 5.01. The first-order valence-corrected chi connectivity index (χ1v) is 8.90. The zero-order valence-electron chi connectivity index (χ0n) is 14.0. The van der Waals surface area contributed by atoms with E-state index in [0.717, 1.165) is 29.7 Å². The summed E-state index contributed by atoms with van der Waals surface area (Å²) in [6, 6.07) is 3.74. The van der Waals surface area contributed by atoms with Gasteiger partial charge in [-0.25, -0.2) is 13.1 Å². The Kier molecular flexibility index (Phi) is 5.96. The molecule has 0 aliphatic heterocycles. The lowest BCUT2D eigenvalue weighted by Gasteiger charge is -2.22. The van der Waals surface area contributed by atoms with Gasteiger partial charge in [0.1, 0.15) is 0 Å². The first kappa shape index (κ1) is 18.1. The van der Waals surface area contributed by atoms with Gasteiger partial charge in [-0.1, -0.05) is 13.0 Å². The zero-order valence-corrected chi connectivity index (χ0v) is 14.8. The number of hydrogen-bond acceptors (Lipinski definition) is 3. The Labute approximate surface area is 129 Å². The van der Waals surface area contributed by atoms with Gasteiger partial charge in [-0.3, -0.25) is 0 Å². The summed E-state index contributed by atoms with van der Waals surface area (Å²) < 4.78 is 27.8. The van der Waals surface area contributed by atoms with E-state index in [-0.39, 0.29) is 0 Å². The van der Waals surface area contributed by atoms with Crippen LogP contribution in [0.25, 0.3) is 0 Å². The number of hydrogen-bond donors (Lipinski definition) is 2. The van der Waals surface area contributed by atoms with Crippen molar-refractivity contribution in [3.63, 3.8) is 0 Å². The second-order valence-electron chi connectivity index (χ2n) is 6.58. The van der Waals surface area contributed by atoms with Gasteiger partial charge in [0.15, 0.2) is 0 Å². The molecule has 0 heterocycles. The van der Waals surface area contributed by atoms with Crippen molar-refractivity contribution in [1.29, 1.82) is 0 Å². The lowest BCUT2D eigenvalue weighted by Crippen LogP contribution is -2.40. The lowest BCUT2D eigenvalue weighted by molar-refractivity contribution is 0.491. The summed E-state index contributed by atoms with van der Waals surface area (Å²) in [7, 11) is -3.50. The highest BCUT2D eigenvalue weighted by Gasteiger charge is 2.24. The number of nitrogens with one attached hydrogen (secondary N) is 2. The average molecular weight is 312 g/mol. The largest absolute Gasteiger partial charge is 0.313 e. The van der Waals surface area contributed by atoms with E-state index in [9.17, 15) is 8.42 Å². The van der Waals surface area contributed by atoms with Crippen LogP contribution in [0.2, 0.25) is 0 Å². The Morgan fingerprint density at radius 2 is 1.71 bits per heavy atom. The molecule has 1 aromatic rings. The molecule has 0 saturated carbocycles. The van der Waals surface area contributed by atoms with Crippen LogP contribution in [0, 0.1) is 13.8 Å². The SMILES string of the molecule is CCCNCc1cc(S(=O)(=O)NC(C)(C)C)c(C)cc1C. The van der Waals surface area contributed by atoms with Crippen molar-refractivity contribution in [3.05, 3.63) is 28.8 Å². The van der Waals surface area contributed by atoms with Gasteiger partial charge in [0.05, 0.1) is 4.90 Å². The quantitative estimate of drug-likeness (QED) is 0.794. The Morgan fingerprint density at radius 1 is 1.10 bits per heavy atom. The highest BCUT2D eigenvalue weighted by atomic mass is 32.2. The van der Waals surface area contributed by atoms with Crippen LogP contribution in [0.5, 0.6) is 0 Å². The summed E-state index contributed by atoms with van der Waals surface area (Å²) in [5.74, 6) is 0. The normalized spacial score (nSPS) is 12.7. The van der Waals surface area contributed by atoms with E-state index >= 15 is 0 Å². The topological polar surface area (TPSA) is 58.2 Å². The Bertz CT molecular complexity index is 587. The van der Waals surface area contributed by atoms with Gasteiger partial charge in [0, 0.05) is 12.1 Å². The fraction of sp³-hybridized carbons (Fsp3) is 0.625. The van der Waals surface area contributed by atoms with Gasteiger partial charge in [-0.05, 0) is 70.3 Å². The monoisotopic (exact) mass is 312 g/mol. The number of sulfonamides is 1. The maximum absolute atomic E-state index is 12.5. The van der Waals surface area contributed by atoms with Gasteiger partial charge in [0.25, 0.3) is 0 Å². The van der Waals surface area contributed by atoms with Gasteiger partial charge < -0.3 is 5.32 Å². The molecule has 21 heavy (non-hydrogen) atoms. The molecule has 5 heteroatoms. The predicted molar refractivity (Wildman–Crippen MR) is 88.0 cm³/mol. The van der Waals surface area contributed by atoms with Crippen molar-refractivity contribution >= 4 is 10.0 Å². The molecule has 0 atom stereocenters. The van der Waals surface area contributed by atoms with Gasteiger partial charge in [0.2, 0.25) is 10.0 Å². The molecule has 2 N–H and O–H groups in total. The number of benzene rings is 1. The highest BCUT2D eigenvalue weighted by Crippen LogP contribution is 2.22. The molecule has 0 radical (unpaired) electrons. The van der Waals surface area contributed by atoms with E-state index in [1.54, 1.807) is 6.07 Å². The van der Waals surface area contributed by atoms with E-state index in [1.165, 1.54) is 0 Å². The fourth-order valence-corrected chi connectivity index (χ4v) is 3.91. The molecule has 0 spiro atoms. The molecule has 4 nitrogen and oxygen atoms in total. The van der Waals surface area contributed by atoms with E-state index in [0.29, 0.717) is 11.4 Å². The average Bonchev–Trinajstić information content (AvgIpc) is 2.28. The standard InChI is InChI=1S/C16H28N2O2S/c1-7-8-17-11-14-10-15(13(3)9-12(14)2)21(19,20)18-16(4,5)6/h9-10,17-18H,7-8,11H2,1-6H3.